The molecule has 0 bridgehead atoms. The van der Waals surface area contributed by atoms with Gasteiger partial charge in [-0.05, 0) is 25.0 Å². The zero-order valence-electron chi connectivity index (χ0n) is 11.4. The lowest BCUT2D eigenvalue weighted by Gasteiger charge is -2.07. The number of rotatable bonds is 8. The number of nitrogens with zero attached hydrogens (tertiary/aromatic N) is 3. The van der Waals surface area contributed by atoms with Crippen LogP contribution in [0.3, 0.4) is 0 Å². The first-order chi connectivity index (χ1) is 10.1. The van der Waals surface area contributed by atoms with Crippen molar-refractivity contribution in [2.45, 2.75) is 31.0 Å². The topological polar surface area (TPSA) is 111 Å². The smallest absolute Gasteiger partial charge is 0.313 e. The fourth-order valence-corrected chi connectivity index (χ4v) is 2.69. The lowest BCUT2D eigenvalue weighted by atomic mass is 10.2. The van der Waals surface area contributed by atoms with Crippen molar-refractivity contribution in [1.29, 1.82) is 0 Å². The first-order valence-electron chi connectivity index (χ1n) is 6.52. The van der Waals surface area contributed by atoms with E-state index >= 15 is 0 Å². The third-order valence-electron chi connectivity index (χ3n) is 2.85. The fourth-order valence-electron chi connectivity index (χ4n) is 1.94. The highest BCUT2D eigenvalue weighted by Gasteiger charge is 2.13. The summed E-state index contributed by atoms with van der Waals surface area (Å²) in [7, 11) is 0. The number of fused-ring (bicyclic) bond motifs is 1. The Labute approximate surface area is 125 Å². The van der Waals surface area contributed by atoms with Gasteiger partial charge in [-0.25, -0.2) is 9.97 Å². The standard InChI is InChI=1S/C13H16N4O3S/c14-10(18)5-1-2-7-17-12-9(4-3-6-15-12)16-13(17)21-8-11(19)20/h3-4,6H,1-2,5,7-8H2,(H2,14,18)(H,19,20). The summed E-state index contributed by atoms with van der Waals surface area (Å²) >= 11 is 1.17. The average Bonchev–Trinajstić information content (AvgIpc) is 2.79. The predicted octanol–water partition coefficient (Wildman–Crippen LogP) is 1.26. The normalized spacial score (nSPS) is 10.9. The molecule has 7 nitrogen and oxygen atoms in total. The molecule has 2 heterocycles. The summed E-state index contributed by atoms with van der Waals surface area (Å²) in [5, 5.41) is 9.42. The van der Waals surface area contributed by atoms with Gasteiger partial charge in [0.05, 0.1) is 5.75 Å². The maximum atomic E-state index is 10.7. The second kappa shape index (κ2) is 7.07. The first kappa shape index (κ1) is 15.3. The van der Waals surface area contributed by atoms with E-state index in [-0.39, 0.29) is 11.7 Å². The number of aromatic nitrogens is 3. The van der Waals surface area contributed by atoms with E-state index in [4.69, 9.17) is 10.8 Å². The second-order valence-corrected chi connectivity index (χ2v) is 5.44. The Morgan fingerprint density at radius 3 is 2.90 bits per heavy atom. The number of pyridine rings is 1. The van der Waals surface area contributed by atoms with Crippen molar-refractivity contribution in [1.82, 2.24) is 14.5 Å². The molecule has 0 saturated heterocycles. The summed E-state index contributed by atoms with van der Waals surface area (Å²) in [5.41, 5.74) is 6.58. The van der Waals surface area contributed by atoms with Gasteiger partial charge < -0.3 is 15.4 Å². The first-order valence-corrected chi connectivity index (χ1v) is 7.50. The van der Waals surface area contributed by atoms with Crippen LogP contribution in [0.25, 0.3) is 11.2 Å². The number of nitrogens with two attached hydrogens (primary N) is 1. The van der Waals surface area contributed by atoms with Gasteiger partial charge in [-0.2, -0.15) is 0 Å². The molecule has 0 aliphatic carbocycles. The second-order valence-electron chi connectivity index (χ2n) is 4.50. The number of carbonyl (C=O) groups excluding carboxylic acids is 1. The van der Waals surface area contributed by atoms with E-state index in [1.165, 1.54) is 11.8 Å². The number of amides is 1. The lowest BCUT2D eigenvalue weighted by Crippen LogP contribution is -2.10. The van der Waals surface area contributed by atoms with Crippen molar-refractivity contribution in [3.63, 3.8) is 0 Å². The van der Waals surface area contributed by atoms with E-state index in [0.29, 0.717) is 24.5 Å². The van der Waals surface area contributed by atoms with Gasteiger partial charge in [0.15, 0.2) is 10.8 Å². The maximum Gasteiger partial charge on any atom is 0.313 e. The summed E-state index contributed by atoms with van der Waals surface area (Å²) < 4.78 is 1.89. The number of carbonyl (C=O) groups is 2. The minimum atomic E-state index is -0.889. The van der Waals surface area contributed by atoms with Crippen molar-refractivity contribution in [3.8, 4) is 0 Å². The van der Waals surface area contributed by atoms with Gasteiger partial charge in [0.1, 0.15) is 5.52 Å². The summed E-state index contributed by atoms with van der Waals surface area (Å²) in [6.07, 6.45) is 3.46. The van der Waals surface area contributed by atoms with Gasteiger partial charge in [0.2, 0.25) is 5.91 Å². The molecule has 2 aromatic rings. The van der Waals surface area contributed by atoms with Crippen LogP contribution < -0.4 is 5.73 Å². The Morgan fingerprint density at radius 1 is 1.38 bits per heavy atom. The number of hydrogen-bond acceptors (Lipinski definition) is 5. The number of aliphatic carboxylic acids is 1. The number of imidazole rings is 1. The zero-order chi connectivity index (χ0) is 15.2. The summed E-state index contributed by atoms with van der Waals surface area (Å²) in [6, 6.07) is 3.63. The number of hydrogen-bond donors (Lipinski definition) is 2. The zero-order valence-corrected chi connectivity index (χ0v) is 12.2. The van der Waals surface area contributed by atoms with E-state index < -0.39 is 5.97 Å². The van der Waals surface area contributed by atoms with Crippen LogP contribution in [0.5, 0.6) is 0 Å². The molecule has 0 spiro atoms. The number of carboxylic acids is 1. The van der Waals surface area contributed by atoms with Crippen LogP contribution in [0.15, 0.2) is 23.5 Å². The molecule has 0 aliphatic rings. The van der Waals surface area contributed by atoms with Crippen molar-refractivity contribution >= 4 is 34.8 Å². The van der Waals surface area contributed by atoms with Crippen LogP contribution in [0, 0.1) is 0 Å². The summed E-state index contributed by atoms with van der Waals surface area (Å²) in [4.78, 5) is 30.1. The van der Waals surface area contributed by atoms with Crippen molar-refractivity contribution in [2.75, 3.05) is 5.75 Å². The largest absolute Gasteiger partial charge is 0.481 e. The van der Waals surface area contributed by atoms with Gasteiger partial charge >= 0.3 is 5.97 Å². The Morgan fingerprint density at radius 2 is 2.19 bits per heavy atom. The molecular weight excluding hydrogens is 292 g/mol. The summed E-state index contributed by atoms with van der Waals surface area (Å²) in [6.45, 7) is 0.628. The number of thioether (sulfide) groups is 1. The Balaban J connectivity index is 2.15. The van der Waals surface area contributed by atoms with Crippen molar-refractivity contribution in [3.05, 3.63) is 18.3 Å². The third-order valence-corrected chi connectivity index (χ3v) is 3.81. The van der Waals surface area contributed by atoms with Crippen LogP contribution in [0.4, 0.5) is 0 Å². The van der Waals surface area contributed by atoms with Gasteiger partial charge in [-0.15, -0.1) is 0 Å². The third kappa shape index (κ3) is 4.19. The highest BCUT2D eigenvalue weighted by molar-refractivity contribution is 7.99. The quantitative estimate of drug-likeness (QED) is 0.561. The minimum Gasteiger partial charge on any atom is -0.481 e. The Bertz CT molecular complexity index is 656. The molecule has 2 aromatic heterocycles. The van der Waals surface area contributed by atoms with E-state index in [9.17, 15) is 9.59 Å². The molecular formula is C13H16N4O3S. The molecule has 2 rings (SSSR count). The van der Waals surface area contributed by atoms with Crippen LogP contribution in [0.1, 0.15) is 19.3 Å². The summed E-state index contributed by atoms with van der Waals surface area (Å²) in [5.74, 6) is -1.26. The highest BCUT2D eigenvalue weighted by atomic mass is 32.2. The molecule has 112 valence electrons. The van der Waals surface area contributed by atoms with Crippen molar-refractivity contribution < 1.29 is 14.7 Å². The average molecular weight is 308 g/mol. The van der Waals surface area contributed by atoms with Crippen LogP contribution in [-0.4, -0.2) is 37.3 Å². The number of unbranched alkanes of at least 4 members (excludes halogenated alkanes) is 1. The molecule has 0 aromatic carbocycles. The molecule has 1 amide bonds. The molecule has 8 heteroatoms. The molecule has 3 N–H and O–H groups in total. The van der Waals surface area contributed by atoms with Crippen molar-refractivity contribution in [2.24, 2.45) is 5.73 Å². The Hall–Kier alpha value is -2.09. The predicted molar refractivity (Wildman–Crippen MR) is 78.9 cm³/mol. The SMILES string of the molecule is NC(=O)CCCCn1c(SCC(=O)O)nc2cccnc21. The van der Waals surface area contributed by atoms with Gasteiger partial charge in [-0.1, -0.05) is 11.8 Å². The molecule has 21 heavy (non-hydrogen) atoms. The highest BCUT2D eigenvalue weighted by Crippen LogP contribution is 2.23. The van der Waals surface area contributed by atoms with Gasteiger partial charge in [0.25, 0.3) is 0 Å². The number of carboxylic acid groups (broad SMARTS) is 1. The number of primary amides is 1. The fraction of sp³-hybridized carbons (Fsp3) is 0.385. The number of aryl methyl sites for hydroxylation is 1. The molecule has 0 aliphatic heterocycles. The minimum absolute atomic E-state index is 0.0510. The van der Waals surface area contributed by atoms with Crippen LogP contribution in [-0.2, 0) is 16.1 Å². The maximum absolute atomic E-state index is 10.7. The van der Waals surface area contributed by atoms with E-state index in [0.717, 1.165) is 17.6 Å². The van der Waals surface area contributed by atoms with Crippen LogP contribution >= 0.6 is 11.8 Å². The van der Waals surface area contributed by atoms with Gasteiger partial charge in [0, 0.05) is 19.2 Å². The molecule has 0 unspecified atom stereocenters. The molecule has 0 fully saturated rings. The molecule has 0 atom stereocenters. The van der Waals surface area contributed by atoms with Crippen LogP contribution in [0.2, 0.25) is 0 Å². The Kier molecular flexibility index (Phi) is 5.15. The monoisotopic (exact) mass is 308 g/mol. The van der Waals surface area contributed by atoms with E-state index in [1.807, 2.05) is 10.6 Å². The van der Waals surface area contributed by atoms with E-state index in [1.54, 1.807) is 12.3 Å². The van der Waals surface area contributed by atoms with E-state index in [2.05, 4.69) is 9.97 Å². The lowest BCUT2D eigenvalue weighted by molar-refractivity contribution is -0.133. The molecule has 0 saturated carbocycles. The van der Waals surface area contributed by atoms with Gasteiger partial charge in [-0.3, -0.25) is 9.59 Å². The molecule has 0 radical (unpaired) electrons.